The largest absolute Gasteiger partial charge is 0.419 e. The number of rotatable bonds is 5. The van der Waals surface area contributed by atoms with Crippen molar-refractivity contribution in [1.29, 1.82) is 0 Å². The summed E-state index contributed by atoms with van der Waals surface area (Å²) in [5.41, 5.74) is 1.69. The summed E-state index contributed by atoms with van der Waals surface area (Å²) >= 11 is 0. The first kappa shape index (κ1) is 16.6. The van der Waals surface area contributed by atoms with Gasteiger partial charge in [0.15, 0.2) is 5.58 Å². The summed E-state index contributed by atoms with van der Waals surface area (Å²) in [5, 5.41) is 0. The van der Waals surface area contributed by atoms with Crippen molar-refractivity contribution < 1.29 is 12.8 Å². The van der Waals surface area contributed by atoms with Crippen LogP contribution in [0.4, 0.5) is 0 Å². The molecule has 26 heavy (non-hydrogen) atoms. The van der Waals surface area contributed by atoms with E-state index in [0.29, 0.717) is 17.9 Å². The van der Waals surface area contributed by atoms with Gasteiger partial charge in [0.25, 0.3) is 0 Å². The first-order valence-electron chi connectivity index (χ1n) is 8.03. The molecule has 0 atom stereocenters. The lowest BCUT2D eigenvalue weighted by Crippen LogP contribution is -2.24. The average Bonchev–Trinajstić information content (AvgIpc) is 3.19. The highest BCUT2D eigenvalue weighted by molar-refractivity contribution is 7.89. The average molecular weight is 372 g/mol. The van der Waals surface area contributed by atoms with Crippen LogP contribution in [0.15, 0.2) is 62.9 Å². The highest BCUT2D eigenvalue weighted by Crippen LogP contribution is 2.19. The summed E-state index contributed by atoms with van der Waals surface area (Å²) in [6.45, 7) is 2.30. The molecule has 0 saturated carbocycles. The van der Waals surface area contributed by atoms with E-state index in [0.717, 1.165) is 5.52 Å². The Morgan fingerprint density at radius 3 is 2.88 bits per heavy atom. The van der Waals surface area contributed by atoms with Crippen LogP contribution < -0.4 is 10.5 Å². The predicted octanol–water partition coefficient (Wildman–Crippen LogP) is 1.74. The van der Waals surface area contributed by atoms with E-state index in [1.165, 1.54) is 16.7 Å². The van der Waals surface area contributed by atoms with E-state index >= 15 is 0 Å². The molecule has 0 unspecified atom stereocenters. The Balaban J connectivity index is 1.64. The molecule has 0 fully saturated rings. The van der Waals surface area contributed by atoms with Crippen molar-refractivity contribution in [3.05, 3.63) is 65.2 Å². The normalized spacial score (nSPS) is 12.2. The van der Waals surface area contributed by atoms with Crippen LogP contribution in [-0.2, 0) is 23.1 Å². The summed E-state index contributed by atoms with van der Waals surface area (Å²) in [4.78, 5) is 16.0. The van der Waals surface area contributed by atoms with Crippen molar-refractivity contribution in [1.82, 2.24) is 18.7 Å². The molecule has 8 nitrogen and oxygen atoms in total. The first-order valence-corrected chi connectivity index (χ1v) is 9.52. The summed E-state index contributed by atoms with van der Waals surface area (Å²) in [6.07, 6.45) is 3.50. The lowest BCUT2D eigenvalue weighted by Gasteiger charge is -2.06. The van der Waals surface area contributed by atoms with Gasteiger partial charge < -0.3 is 8.82 Å². The second kappa shape index (κ2) is 6.11. The number of fused-ring (bicyclic) bond motifs is 2. The number of aryl methyl sites for hydroxylation is 1. The minimum absolute atomic E-state index is 0.0304. The Bertz CT molecular complexity index is 1270. The van der Waals surface area contributed by atoms with Gasteiger partial charge in [-0.2, -0.15) is 0 Å². The summed E-state index contributed by atoms with van der Waals surface area (Å²) in [6, 6.07) is 10.0. The van der Waals surface area contributed by atoms with Crippen molar-refractivity contribution in [3.63, 3.8) is 0 Å². The minimum Gasteiger partial charge on any atom is -0.408 e. The molecule has 1 N–H and O–H groups in total. The molecule has 9 heteroatoms. The number of aromatic nitrogens is 3. The van der Waals surface area contributed by atoms with Crippen molar-refractivity contribution >= 4 is 26.6 Å². The van der Waals surface area contributed by atoms with Crippen LogP contribution in [-0.4, -0.2) is 22.4 Å². The summed E-state index contributed by atoms with van der Waals surface area (Å²) < 4.78 is 36.1. The lowest BCUT2D eigenvalue weighted by molar-refractivity contribution is 0.512. The molecule has 0 spiro atoms. The number of benzene rings is 1. The maximum absolute atomic E-state index is 12.6. The Labute approximate surface area is 148 Å². The zero-order valence-electron chi connectivity index (χ0n) is 13.9. The van der Waals surface area contributed by atoms with Gasteiger partial charge in [-0.3, -0.25) is 4.57 Å². The number of imidazole rings is 1. The van der Waals surface area contributed by atoms with Gasteiger partial charge in [0.1, 0.15) is 5.82 Å². The SMILES string of the molecule is CCn1c(=O)oc2cc(S(=O)(=O)NCc3ncc4ccccn34)ccc21. The van der Waals surface area contributed by atoms with Gasteiger partial charge in [-0.25, -0.2) is 22.9 Å². The zero-order valence-corrected chi connectivity index (χ0v) is 14.7. The van der Waals surface area contributed by atoms with Crippen LogP contribution in [0.5, 0.6) is 0 Å². The highest BCUT2D eigenvalue weighted by atomic mass is 32.2. The molecule has 0 amide bonds. The predicted molar refractivity (Wildman–Crippen MR) is 95.4 cm³/mol. The third-order valence-electron chi connectivity index (χ3n) is 4.20. The van der Waals surface area contributed by atoms with Crippen LogP contribution in [0.25, 0.3) is 16.6 Å². The molecule has 4 aromatic rings. The van der Waals surface area contributed by atoms with Gasteiger partial charge in [-0.15, -0.1) is 0 Å². The molecule has 0 saturated heterocycles. The molecule has 0 aliphatic rings. The standard InChI is InChI=1S/C17H16N4O4S/c1-2-20-14-7-6-13(9-15(14)25-17(20)22)26(23,24)19-11-16-18-10-12-5-3-4-8-21(12)16/h3-10,19H,2,11H2,1H3. The van der Waals surface area contributed by atoms with E-state index in [-0.39, 0.29) is 17.0 Å². The van der Waals surface area contributed by atoms with Crippen molar-refractivity contribution in [2.45, 2.75) is 24.9 Å². The third kappa shape index (κ3) is 2.71. The molecular weight excluding hydrogens is 356 g/mol. The van der Waals surface area contributed by atoms with Crippen molar-refractivity contribution in [3.8, 4) is 0 Å². The molecule has 0 aliphatic carbocycles. The number of nitrogens with zero attached hydrogens (tertiary/aromatic N) is 3. The van der Waals surface area contributed by atoms with E-state index in [9.17, 15) is 13.2 Å². The van der Waals surface area contributed by atoms with Gasteiger partial charge in [-0.1, -0.05) is 6.07 Å². The second-order valence-corrected chi connectivity index (χ2v) is 7.50. The van der Waals surface area contributed by atoms with Crippen molar-refractivity contribution in [2.24, 2.45) is 0 Å². The Morgan fingerprint density at radius 2 is 2.08 bits per heavy atom. The van der Waals surface area contributed by atoms with Crippen LogP contribution in [0.3, 0.4) is 0 Å². The summed E-state index contributed by atoms with van der Waals surface area (Å²) in [5.74, 6) is 0.0720. The molecule has 0 bridgehead atoms. The van der Waals surface area contributed by atoms with Gasteiger partial charge in [0.05, 0.1) is 28.7 Å². The minimum atomic E-state index is -3.78. The molecule has 3 heterocycles. The zero-order chi connectivity index (χ0) is 18.3. The molecule has 3 aromatic heterocycles. The van der Waals surface area contributed by atoms with Crippen LogP contribution in [0, 0.1) is 0 Å². The van der Waals surface area contributed by atoms with Crippen LogP contribution >= 0.6 is 0 Å². The Hall–Kier alpha value is -2.91. The third-order valence-corrected chi connectivity index (χ3v) is 5.60. The maximum atomic E-state index is 12.6. The van der Waals surface area contributed by atoms with E-state index in [4.69, 9.17) is 4.42 Å². The van der Waals surface area contributed by atoms with E-state index in [1.807, 2.05) is 35.7 Å². The number of oxazole rings is 1. The quantitative estimate of drug-likeness (QED) is 0.575. The van der Waals surface area contributed by atoms with E-state index in [1.54, 1.807) is 12.3 Å². The van der Waals surface area contributed by atoms with Crippen LogP contribution in [0.1, 0.15) is 12.7 Å². The summed E-state index contributed by atoms with van der Waals surface area (Å²) in [7, 11) is -3.78. The smallest absolute Gasteiger partial charge is 0.408 e. The number of hydrogen-bond donors (Lipinski definition) is 1. The molecule has 0 aliphatic heterocycles. The topological polar surface area (TPSA) is 98.6 Å². The fourth-order valence-electron chi connectivity index (χ4n) is 2.89. The fourth-order valence-corrected chi connectivity index (χ4v) is 3.88. The van der Waals surface area contributed by atoms with Gasteiger partial charge in [0, 0.05) is 18.8 Å². The second-order valence-electron chi connectivity index (χ2n) is 5.74. The number of sulfonamides is 1. The maximum Gasteiger partial charge on any atom is 0.419 e. The fraction of sp³-hybridized carbons (Fsp3) is 0.176. The number of nitrogens with one attached hydrogen (secondary N) is 1. The number of pyridine rings is 1. The molecule has 134 valence electrons. The molecule has 4 rings (SSSR count). The Morgan fingerprint density at radius 1 is 1.23 bits per heavy atom. The lowest BCUT2D eigenvalue weighted by atomic mass is 10.3. The van der Waals surface area contributed by atoms with Crippen molar-refractivity contribution in [2.75, 3.05) is 0 Å². The molecular formula is C17H16N4O4S. The monoisotopic (exact) mass is 372 g/mol. The van der Waals surface area contributed by atoms with Gasteiger partial charge in [-0.05, 0) is 31.2 Å². The highest BCUT2D eigenvalue weighted by Gasteiger charge is 2.18. The van der Waals surface area contributed by atoms with E-state index in [2.05, 4.69) is 9.71 Å². The van der Waals surface area contributed by atoms with Crippen LogP contribution in [0.2, 0.25) is 0 Å². The van der Waals surface area contributed by atoms with Gasteiger partial charge in [0.2, 0.25) is 10.0 Å². The van der Waals surface area contributed by atoms with E-state index < -0.39 is 15.8 Å². The number of hydrogen-bond acceptors (Lipinski definition) is 5. The molecule has 1 aromatic carbocycles. The van der Waals surface area contributed by atoms with Gasteiger partial charge >= 0.3 is 5.76 Å². The Kier molecular flexibility index (Phi) is 3.89. The molecule has 0 radical (unpaired) electrons. The first-order chi connectivity index (χ1) is 12.5.